The Hall–Kier alpha value is -2.72. The minimum Gasteiger partial charge on any atom is -0.457 e. The molecule has 0 aromatic heterocycles. The molecule has 0 spiro atoms. The Morgan fingerprint density at radius 1 is 1.00 bits per heavy atom. The highest BCUT2D eigenvalue weighted by Gasteiger charge is 2.64. The van der Waals surface area contributed by atoms with Crippen LogP contribution in [0.5, 0.6) is 0 Å². The molecule has 2 aromatic rings. The normalized spacial score (nSPS) is 26.7. The van der Waals surface area contributed by atoms with E-state index in [1.165, 1.54) is 0 Å². The fourth-order valence-corrected chi connectivity index (χ4v) is 4.02. The number of hydrogen-bond acceptors (Lipinski definition) is 4. The number of carbonyl (C=O) groups excluding carboxylic acids is 2. The number of hydrogen-bond donors (Lipinski definition) is 0. The summed E-state index contributed by atoms with van der Waals surface area (Å²) in [6, 6.07) is 19.2. The number of rotatable bonds is 3. The van der Waals surface area contributed by atoms with Crippen LogP contribution in [0.3, 0.4) is 0 Å². The Kier molecular flexibility index (Phi) is 4.27. The maximum atomic E-state index is 13.4. The summed E-state index contributed by atoms with van der Waals surface area (Å²) in [7, 11) is 0. The molecule has 2 bridgehead atoms. The fraction of sp³-hybridized carbons (Fsp3) is 0.333. The molecule has 144 valence electrons. The van der Waals surface area contributed by atoms with Gasteiger partial charge in [0.1, 0.15) is 11.2 Å². The fourth-order valence-electron chi connectivity index (χ4n) is 4.02. The standard InChI is InChI=1S/C24H24O4/c1-22(2,3)27-21(26)24-19(17-10-6-4-7-11-17)16-23(28-24,15-14-20(24)25)18-12-8-5-9-13-18/h4-13,16H,14-15H2,1-3H3/t23-,24-/m1/s1. The van der Waals surface area contributed by atoms with Gasteiger partial charge in [0.2, 0.25) is 0 Å². The second-order valence-corrected chi connectivity index (χ2v) is 8.39. The molecule has 4 rings (SSSR count). The summed E-state index contributed by atoms with van der Waals surface area (Å²) < 4.78 is 12.1. The van der Waals surface area contributed by atoms with Gasteiger partial charge in [-0.3, -0.25) is 4.79 Å². The minimum atomic E-state index is -1.73. The summed E-state index contributed by atoms with van der Waals surface area (Å²) in [5, 5.41) is 0. The van der Waals surface area contributed by atoms with Crippen molar-refractivity contribution in [3.63, 3.8) is 0 Å². The van der Waals surface area contributed by atoms with Gasteiger partial charge in [-0.15, -0.1) is 0 Å². The lowest BCUT2D eigenvalue weighted by molar-refractivity contribution is -0.195. The molecule has 2 heterocycles. The number of ether oxygens (including phenoxy) is 2. The first kappa shape index (κ1) is 18.6. The number of carbonyl (C=O) groups is 2. The number of benzene rings is 2. The molecular formula is C24H24O4. The van der Waals surface area contributed by atoms with E-state index in [2.05, 4.69) is 0 Å². The topological polar surface area (TPSA) is 52.6 Å². The number of fused-ring (bicyclic) bond motifs is 2. The van der Waals surface area contributed by atoms with Gasteiger partial charge in [-0.1, -0.05) is 60.7 Å². The third-order valence-electron chi connectivity index (χ3n) is 5.24. The number of esters is 1. The van der Waals surface area contributed by atoms with E-state index in [0.717, 1.165) is 11.1 Å². The lowest BCUT2D eigenvalue weighted by Gasteiger charge is -2.40. The number of Topliss-reactive ketones (excluding diaryl/α,β-unsaturated/α-hetero) is 1. The van der Waals surface area contributed by atoms with Crippen molar-refractivity contribution in [1.82, 2.24) is 0 Å². The molecule has 4 heteroatoms. The first-order valence-electron chi connectivity index (χ1n) is 9.58. The van der Waals surface area contributed by atoms with Crippen molar-refractivity contribution < 1.29 is 19.1 Å². The van der Waals surface area contributed by atoms with E-state index in [1.54, 1.807) is 20.8 Å². The smallest absolute Gasteiger partial charge is 0.351 e. The Morgan fingerprint density at radius 2 is 1.61 bits per heavy atom. The molecule has 0 saturated carbocycles. The van der Waals surface area contributed by atoms with Gasteiger partial charge in [-0.25, -0.2) is 4.79 Å². The van der Waals surface area contributed by atoms with Gasteiger partial charge in [0.25, 0.3) is 5.60 Å². The summed E-state index contributed by atoms with van der Waals surface area (Å²) in [6.45, 7) is 5.38. The van der Waals surface area contributed by atoms with Crippen LogP contribution >= 0.6 is 0 Å². The quantitative estimate of drug-likeness (QED) is 0.587. The zero-order valence-electron chi connectivity index (χ0n) is 16.4. The summed E-state index contributed by atoms with van der Waals surface area (Å²) in [5.74, 6) is -0.890. The molecule has 28 heavy (non-hydrogen) atoms. The van der Waals surface area contributed by atoms with E-state index in [1.807, 2.05) is 66.7 Å². The van der Waals surface area contributed by atoms with E-state index in [9.17, 15) is 9.59 Å². The van der Waals surface area contributed by atoms with E-state index in [-0.39, 0.29) is 12.2 Å². The summed E-state index contributed by atoms with van der Waals surface area (Å²) in [5.41, 5.74) is -0.983. The van der Waals surface area contributed by atoms with E-state index in [0.29, 0.717) is 12.0 Å². The molecule has 0 N–H and O–H groups in total. The Balaban J connectivity index is 1.91. The van der Waals surface area contributed by atoms with Crippen LogP contribution in [0.4, 0.5) is 0 Å². The third-order valence-corrected chi connectivity index (χ3v) is 5.24. The van der Waals surface area contributed by atoms with Gasteiger partial charge < -0.3 is 9.47 Å². The summed E-state index contributed by atoms with van der Waals surface area (Å²) in [6.07, 6.45) is 2.70. The summed E-state index contributed by atoms with van der Waals surface area (Å²) >= 11 is 0. The molecule has 2 aromatic carbocycles. The lowest BCUT2D eigenvalue weighted by atomic mass is 9.83. The van der Waals surface area contributed by atoms with Crippen LogP contribution in [0.25, 0.3) is 5.57 Å². The molecule has 1 saturated heterocycles. The zero-order chi connectivity index (χ0) is 20.0. The second kappa shape index (κ2) is 6.42. The highest BCUT2D eigenvalue weighted by molar-refractivity contribution is 6.20. The zero-order valence-corrected chi connectivity index (χ0v) is 16.4. The van der Waals surface area contributed by atoms with E-state index >= 15 is 0 Å². The van der Waals surface area contributed by atoms with E-state index < -0.39 is 22.8 Å². The largest absolute Gasteiger partial charge is 0.457 e. The Bertz CT molecular complexity index is 940. The molecule has 0 radical (unpaired) electrons. The maximum Gasteiger partial charge on any atom is 0.351 e. The molecule has 2 atom stereocenters. The molecular weight excluding hydrogens is 352 g/mol. The van der Waals surface area contributed by atoms with Crippen LogP contribution in [-0.4, -0.2) is 23.0 Å². The van der Waals surface area contributed by atoms with Gasteiger partial charge in [-0.05, 0) is 44.4 Å². The molecule has 2 aliphatic rings. The van der Waals surface area contributed by atoms with Crippen molar-refractivity contribution in [3.05, 3.63) is 77.9 Å². The van der Waals surface area contributed by atoms with Crippen molar-refractivity contribution in [2.24, 2.45) is 0 Å². The predicted molar refractivity (Wildman–Crippen MR) is 106 cm³/mol. The average molecular weight is 376 g/mol. The monoisotopic (exact) mass is 376 g/mol. The highest BCUT2D eigenvalue weighted by atomic mass is 16.6. The van der Waals surface area contributed by atoms with Gasteiger partial charge in [0.05, 0.1) is 0 Å². The Labute approximate surface area is 165 Å². The van der Waals surface area contributed by atoms with Crippen LogP contribution < -0.4 is 0 Å². The first-order valence-corrected chi connectivity index (χ1v) is 9.58. The maximum absolute atomic E-state index is 13.4. The van der Waals surface area contributed by atoms with Crippen molar-refractivity contribution in [1.29, 1.82) is 0 Å². The molecule has 0 aliphatic carbocycles. The molecule has 0 unspecified atom stereocenters. The van der Waals surface area contributed by atoms with Crippen LogP contribution in [0.2, 0.25) is 0 Å². The van der Waals surface area contributed by atoms with Crippen LogP contribution in [0.15, 0.2) is 66.7 Å². The highest BCUT2D eigenvalue weighted by Crippen LogP contribution is 2.54. The van der Waals surface area contributed by atoms with Crippen LogP contribution in [0, 0.1) is 0 Å². The van der Waals surface area contributed by atoms with Gasteiger partial charge >= 0.3 is 5.97 Å². The van der Waals surface area contributed by atoms with Crippen LogP contribution in [-0.2, 0) is 24.7 Å². The SMILES string of the molecule is CC(C)(C)OC(=O)[C@@]12O[C@@](c3ccccc3)(C=C1c1ccccc1)CCC2=O. The van der Waals surface area contributed by atoms with Gasteiger partial charge in [0.15, 0.2) is 5.78 Å². The molecule has 0 amide bonds. The third kappa shape index (κ3) is 2.89. The molecule has 4 nitrogen and oxygen atoms in total. The predicted octanol–water partition coefficient (Wildman–Crippen LogP) is 4.44. The average Bonchev–Trinajstić information content (AvgIpc) is 2.98. The summed E-state index contributed by atoms with van der Waals surface area (Å²) in [4.78, 5) is 26.5. The van der Waals surface area contributed by atoms with Crippen molar-refractivity contribution in [2.45, 2.75) is 50.4 Å². The molecule has 1 fully saturated rings. The van der Waals surface area contributed by atoms with Crippen molar-refractivity contribution >= 4 is 17.3 Å². The second-order valence-electron chi connectivity index (χ2n) is 8.39. The molecule has 2 aliphatic heterocycles. The van der Waals surface area contributed by atoms with E-state index in [4.69, 9.17) is 9.47 Å². The van der Waals surface area contributed by atoms with Crippen LogP contribution in [0.1, 0.15) is 44.7 Å². The van der Waals surface area contributed by atoms with Crippen molar-refractivity contribution in [3.8, 4) is 0 Å². The minimum absolute atomic E-state index is 0.249. The van der Waals surface area contributed by atoms with Gasteiger partial charge in [0, 0.05) is 12.0 Å². The van der Waals surface area contributed by atoms with Crippen molar-refractivity contribution in [2.75, 3.05) is 0 Å². The number of ketones is 1. The lowest BCUT2D eigenvalue weighted by Crippen LogP contribution is -2.55. The first-order chi connectivity index (χ1) is 13.3. The Morgan fingerprint density at radius 3 is 2.21 bits per heavy atom. The van der Waals surface area contributed by atoms with Gasteiger partial charge in [-0.2, -0.15) is 0 Å².